The molecular formula is C19H21N7O2S. The van der Waals surface area contributed by atoms with Crippen LogP contribution in [0.5, 0.6) is 0 Å². The van der Waals surface area contributed by atoms with Gasteiger partial charge in [-0.15, -0.1) is 10.2 Å². The number of nitrogens with zero attached hydrogens (tertiary/aromatic N) is 3. The van der Waals surface area contributed by atoms with Crippen LogP contribution in [-0.2, 0) is 4.74 Å². The first-order chi connectivity index (χ1) is 14.0. The van der Waals surface area contributed by atoms with E-state index in [1.807, 2.05) is 19.9 Å². The molecule has 3 aromatic rings. The van der Waals surface area contributed by atoms with E-state index in [1.54, 1.807) is 24.4 Å². The van der Waals surface area contributed by atoms with Gasteiger partial charge in [0, 0.05) is 34.9 Å². The Morgan fingerprint density at radius 2 is 2.17 bits per heavy atom. The molecule has 1 amide bonds. The van der Waals surface area contributed by atoms with Gasteiger partial charge in [0.1, 0.15) is 10.8 Å². The monoisotopic (exact) mass is 411 g/mol. The third kappa shape index (κ3) is 4.85. The van der Waals surface area contributed by atoms with Crippen molar-refractivity contribution in [1.29, 1.82) is 5.41 Å². The second-order valence-electron chi connectivity index (χ2n) is 6.11. The fourth-order valence-electron chi connectivity index (χ4n) is 2.55. The molecule has 2 heterocycles. The molecule has 0 saturated heterocycles. The second kappa shape index (κ2) is 9.11. The number of carbonyl (C=O) groups is 1. The summed E-state index contributed by atoms with van der Waals surface area (Å²) in [4.78, 5) is 15.8. The van der Waals surface area contributed by atoms with Crippen LogP contribution in [0.4, 0.5) is 27.1 Å². The largest absolute Gasteiger partial charge is 0.449 e. The van der Waals surface area contributed by atoms with Crippen molar-refractivity contribution >= 4 is 46.0 Å². The number of nitrogens with two attached hydrogens (primary N) is 1. The van der Waals surface area contributed by atoms with Gasteiger partial charge < -0.3 is 21.2 Å². The molecule has 150 valence electrons. The first-order valence-corrected chi connectivity index (χ1v) is 9.73. The number of carbonyl (C=O) groups excluding carboxylic acids is 1. The zero-order chi connectivity index (χ0) is 20.8. The average Bonchev–Trinajstić information content (AvgIpc) is 3.18. The van der Waals surface area contributed by atoms with Crippen LogP contribution in [0.1, 0.15) is 24.5 Å². The van der Waals surface area contributed by atoms with Crippen molar-refractivity contribution in [3.8, 4) is 10.6 Å². The number of hydrogen-bond donors (Lipinski definition) is 4. The predicted octanol–water partition coefficient (Wildman–Crippen LogP) is 4.19. The Balaban J connectivity index is 1.76. The van der Waals surface area contributed by atoms with E-state index in [1.165, 1.54) is 17.6 Å². The maximum atomic E-state index is 11.7. The van der Waals surface area contributed by atoms with E-state index in [9.17, 15) is 4.79 Å². The highest BCUT2D eigenvalue weighted by atomic mass is 32.1. The van der Waals surface area contributed by atoms with Crippen molar-refractivity contribution in [2.45, 2.75) is 20.3 Å². The Morgan fingerprint density at radius 3 is 2.93 bits per heavy atom. The molecule has 5 N–H and O–H groups in total. The Labute approximate surface area is 171 Å². The summed E-state index contributed by atoms with van der Waals surface area (Å²) >= 11 is 1.36. The Hall–Kier alpha value is -3.53. The number of nitrogens with one attached hydrogen (secondary N) is 3. The lowest BCUT2D eigenvalue weighted by Gasteiger charge is -2.10. The van der Waals surface area contributed by atoms with Gasteiger partial charge in [-0.2, -0.15) is 0 Å². The summed E-state index contributed by atoms with van der Waals surface area (Å²) in [6.07, 6.45) is 3.02. The van der Waals surface area contributed by atoms with Gasteiger partial charge in [0.05, 0.1) is 6.61 Å². The van der Waals surface area contributed by atoms with Gasteiger partial charge in [-0.3, -0.25) is 5.32 Å². The fraction of sp³-hybridized carbons (Fsp3) is 0.211. The van der Waals surface area contributed by atoms with Crippen molar-refractivity contribution in [2.75, 3.05) is 23.0 Å². The second-order valence-corrected chi connectivity index (χ2v) is 7.09. The quantitative estimate of drug-likeness (QED) is 0.338. The molecule has 0 spiro atoms. The molecule has 2 aromatic heterocycles. The van der Waals surface area contributed by atoms with Crippen molar-refractivity contribution in [1.82, 2.24) is 15.2 Å². The predicted molar refractivity (Wildman–Crippen MR) is 115 cm³/mol. The molecule has 0 aliphatic carbocycles. The van der Waals surface area contributed by atoms with Crippen LogP contribution in [0, 0.1) is 12.3 Å². The number of pyridine rings is 1. The zero-order valence-electron chi connectivity index (χ0n) is 16.0. The minimum absolute atomic E-state index is 0.348. The van der Waals surface area contributed by atoms with E-state index >= 15 is 0 Å². The molecule has 0 bridgehead atoms. The Bertz CT molecular complexity index is 1040. The minimum Gasteiger partial charge on any atom is -0.449 e. The molecule has 29 heavy (non-hydrogen) atoms. The van der Waals surface area contributed by atoms with Crippen molar-refractivity contribution in [2.24, 2.45) is 0 Å². The lowest BCUT2D eigenvalue weighted by molar-refractivity contribution is 0.161. The number of ether oxygens (including phenoxy) is 1. The summed E-state index contributed by atoms with van der Waals surface area (Å²) in [7, 11) is 0. The smallest absolute Gasteiger partial charge is 0.412 e. The fourth-order valence-corrected chi connectivity index (χ4v) is 3.30. The number of amides is 1. The number of hydrogen-bond acceptors (Lipinski definition) is 9. The van der Waals surface area contributed by atoms with Crippen molar-refractivity contribution < 1.29 is 9.53 Å². The normalized spacial score (nSPS) is 10.4. The minimum atomic E-state index is -0.544. The lowest BCUT2D eigenvalue weighted by atomic mass is 10.1. The summed E-state index contributed by atoms with van der Waals surface area (Å²) in [5, 5.41) is 23.0. The van der Waals surface area contributed by atoms with Crippen LogP contribution in [0.3, 0.4) is 0 Å². The van der Waals surface area contributed by atoms with Gasteiger partial charge >= 0.3 is 6.09 Å². The SMILES string of the molecule is CCCOC(=O)Nc1cc(-c2nnc(Nc3ccc(N)c(C=N)c3C)s2)ccn1. The number of nitrogen functional groups attached to an aromatic ring is 1. The van der Waals surface area contributed by atoms with Crippen LogP contribution < -0.4 is 16.4 Å². The summed E-state index contributed by atoms with van der Waals surface area (Å²) in [5.74, 6) is 0.373. The number of rotatable bonds is 7. The summed E-state index contributed by atoms with van der Waals surface area (Å²) < 4.78 is 5.00. The molecule has 0 aliphatic rings. The first-order valence-electron chi connectivity index (χ1n) is 8.92. The van der Waals surface area contributed by atoms with E-state index in [-0.39, 0.29) is 0 Å². The van der Waals surface area contributed by atoms with Crippen molar-refractivity contribution in [3.05, 3.63) is 41.6 Å². The molecule has 0 atom stereocenters. The van der Waals surface area contributed by atoms with E-state index in [2.05, 4.69) is 25.8 Å². The number of benzene rings is 1. The van der Waals surface area contributed by atoms with Gasteiger partial charge in [-0.1, -0.05) is 18.3 Å². The Morgan fingerprint density at radius 1 is 1.34 bits per heavy atom. The number of aromatic nitrogens is 3. The molecule has 1 aromatic carbocycles. The van der Waals surface area contributed by atoms with E-state index in [0.717, 1.165) is 23.2 Å². The van der Waals surface area contributed by atoms with Crippen molar-refractivity contribution in [3.63, 3.8) is 0 Å². The van der Waals surface area contributed by atoms with Gasteiger partial charge in [0.2, 0.25) is 5.13 Å². The van der Waals surface area contributed by atoms with E-state index in [4.69, 9.17) is 15.9 Å². The van der Waals surface area contributed by atoms with Gasteiger partial charge in [-0.05, 0) is 43.2 Å². The molecule has 9 nitrogen and oxygen atoms in total. The topological polar surface area (TPSA) is 139 Å². The van der Waals surface area contributed by atoms with E-state index in [0.29, 0.717) is 33.8 Å². The summed E-state index contributed by atoms with van der Waals surface area (Å²) in [6, 6.07) is 7.08. The third-order valence-electron chi connectivity index (χ3n) is 4.03. The molecule has 3 rings (SSSR count). The van der Waals surface area contributed by atoms with Gasteiger partial charge in [0.25, 0.3) is 0 Å². The molecule has 0 radical (unpaired) electrons. The van der Waals surface area contributed by atoms with Gasteiger partial charge in [-0.25, -0.2) is 9.78 Å². The molecule has 0 saturated carbocycles. The number of anilines is 4. The van der Waals surface area contributed by atoms with Gasteiger partial charge in [0.15, 0.2) is 0 Å². The van der Waals surface area contributed by atoms with Crippen LogP contribution in [-0.4, -0.2) is 34.1 Å². The molecule has 0 fully saturated rings. The van der Waals surface area contributed by atoms with Crippen LogP contribution in [0.2, 0.25) is 0 Å². The van der Waals surface area contributed by atoms with E-state index < -0.39 is 6.09 Å². The highest BCUT2D eigenvalue weighted by Crippen LogP contribution is 2.31. The summed E-state index contributed by atoms with van der Waals surface area (Å²) in [6.45, 7) is 4.16. The Kier molecular flexibility index (Phi) is 6.35. The lowest BCUT2D eigenvalue weighted by Crippen LogP contribution is -2.14. The summed E-state index contributed by atoms with van der Waals surface area (Å²) in [5.41, 5.74) is 9.55. The first kappa shape index (κ1) is 20.2. The molecule has 0 aliphatic heterocycles. The van der Waals surface area contributed by atoms with Crippen LogP contribution >= 0.6 is 11.3 Å². The highest BCUT2D eigenvalue weighted by molar-refractivity contribution is 7.18. The molecule has 10 heteroatoms. The maximum Gasteiger partial charge on any atom is 0.412 e. The van der Waals surface area contributed by atoms with Crippen LogP contribution in [0.15, 0.2) is 30.5 Å². The maximum absolute atomic E-state index is 11.7. The molecule has 0 unspecified atom stereocenters. The third-order valence-corrected chi connectivity index (χ3v) is 4.92. The average molecular weight is 411 g/mol. The zero-order valence-corrected chi connectivity index (χ0v) is 16.8. The molecular weight excluding hydrogens is 390 g/mol. The standard InChI is InChI=1S/C19H21N7O2S/c1-3-8-28-19(27)24-16-9-12(6-7-22-16)17-25-26-18(29-17)23-15-5-4-14(21)13(10-20)11(15)2/h4-7,9-10,20H,3,8,21H2,1-2H3,(H,23,26)(H,22,24,27). The highest BCUT2D eigenvalue weighted by Gasteiger charge is 2.12. The van der Waals surface area contributed by atoms with Crippen LogP contribution in [0.25, 0.3) is 10.6 Å².